The highest BCUT2D eigenvalue weighted by Crippen LogP contribution is 2.12. The summed E-state index contributed by atoms with van der Waals surface area (Å²) in [4.78, 5) is 26.1. The molecule has 0 saturated carbocycles. The molecule has 8 heteroatoms. The summed E-state index contributed by atoms with van der Waals surface area (Å²) < 4.78 is 22.5. The Morgan fingerprint density at radius 2 is 1.32 bits per heavy atom. The van der Waals surface area contributed by atoms with E-state index in [4.69, 9.17) is 18.9 Å². The second-order valence-electron chi connectivity index (χ2n) is 10.2. The fraction of sp³-hybridized carbons (Fsp3) is 0.900. The number of nitrogens with zero attached hydrogens (tertiary/aromatic N) is 1. The van der Waals surface area contributed by atoms with Crippen LogP contribution in [-0.2, 0) is 23.7 Å². The summed E-state index contributed by atoms with van der Waals surface area (Å²) in [5.74, 6) is -0.645. The molecule has 0 aliphatic carbocycles. The second-order valence-corrected chi connectivity index (χ2v) is 10.2. The van der Waals surface area contributed by atoms with Crippen LogP contribution in [0.2, 0.25) is 0 Å². The SMILES string of the molecule is [CH2]C(COC(=O)CCC(OCCCCCCCC)OCCCCCCCC)COC(=O)NCCN(C)CC. The number of nitrogens with one attached hydrogen (secondary N) is 1. The minimum atomic E-state index is -0.484. The molecule has 0 aromatic rings. The summed E-state index contributed by atoms with van der Waals surface area (Å²) in [5.41, 5.74) is 0. The normalized spacial score (nSPS) is 12.2. The first-order valence-corrected chi connectivity index (χ1v) is 15.2. The number of esters is 1. The lowest BCUT2D eigenvalue weighted by Crippen LogP contribution is -2.34. The van der Waals surface area contributed by atoms with Crippen molar-refractivity contribution in [1.29, 1.82) is 0 Å². The zero-order chi connectivity index (χ0) is 28.3. The molecule has 0 bridgehead atoms. The van der Waals surface area contributed by atoms with Crippen molar-refractivity contribution in [2.45, 2.75) is 117 Å². The number of hydrogen-bond acceptors (Lipinski definition) is 7. The molecule has 0 aromatic carbocycles. The van der Waals surface area contributed by atoms with Gasteiger partial charge < -0.3 is 29.2 Å². The molecule has 0 spiro atoms. The fourth-order valence-corrected chi connectivity index (χ4v) is 3.73. The zero-order valence-corrected chi connectivity index (χ0v) is 25.1. The second kappa shape index (κ2) is 27.2. The van der Waals surface area contributed by atoms with E-state index in [1.165, 1.54) is 51.4 Å². The van der Waals surface area contributed by atoms with Crippen LogP contribution in [0.3, 0.4) is 0 Å². The monoisotopic (exact) mass is 543 g/mol. The number of ether oxygens (including phenoxy) is 4. The molecule has 1 unspecified atom stereocenters. The zero-order valence-electron chi connectivity index (χ0n) is 25.1. The number of carbonyl (C=O) groups is 2. The van der Waals surface area contributed by atoms with E-state index in [-0.39, 0.29) is 37.8 Å². The molecule has 0 aliphatic rings. The minimum absolute atomic E-state index is 0.0914. The molecule has 8 nitrogen and oxygen atoms in total. The highest BCUT2D eigenvalue weighted by Gasteiger charge is 2.15. The van der Waals surface area contributed by atoms with E-state index < -0.39 is 6.09 Å². The average molecular weight is 544 g/mol. The lowest BCUT2D eigenvalue weighted by atomic mass is 10.1. The topological polar surface area (TPSA) is 86.3 Å². The van der Waals surface area contributed by atoms with Crippen LogP contribution in [0.5, 0.6) is 0 Å². The maximum Gasteiger partial charge on any atom is 0.407 e. The van der Waals surface area contributed by atoms with E-state index in [1.54, 1.807) is 0 Å². The minimum Gasteiger partial charge on any atom is -0.465 e. The summed E-state index contributed by atoms with van der Waals surface area (Å²) >= 11 is 0. The Morgan fingerprint density at radius 1 is 0.789 bits per heavy atom. The van der Waals surface area contributed by atoms with Gasteiger partial charge in [-0.3, -0.25) is 4.79 Å². The van der Waals surface area contributed by atoms with E-state index in [1.807, 2.05) is 7.05 Å². The standard InChI is InChI=1S/C30H59N2O6/c1-6-9-11-13-15-17-23-35-29(36-24-18-16-14-12-10-7-2)20-19-28(33)37-25-27(4)26-38-30(34)31-21-22-32(5)8-3/h27,29H,4,6-26H2,1-3,5H3,(H,31,34). The summed E-state index contributed by atoms with van der Waals surface area (Å²) in [7, 11) is 1.99. The quantitative estimate of drug-likeness (QED) is 0.0717. The van der Waals surface area contributed by atoms with Crippen molar-refractivity contribution in [1.82, 2.24) is 10.2 Å². The molecule has 0 heterocycles. The third kappa shape index (κ3) is 24.9. The maximum atomic E-state index is 12.3. The van der Waals surface area contributed by atoms with Crippen LogP contribution in [-0.4, -0.2) is 76.4 Å². The molecule has 1 N–H and O–H groups in total. The van der Waals surface area contributed by atoms with Gasteiger partial charge in [-0.25, -0.2) is 4.79 Å². The van der Waals surface area contributed by atoms with Gasteiger partial charge in [0, 0.05) is 38.6 Å². The van der Waals surface area contributed by atoms with E-state index in [2.05, 4.69) is 37.9 Å². The highest BCUT2D eigenvalue weighted by molar-refractivity contribution is 5.69. The van der Waals surface area contributed by atoms with Crippen molar-refractivity contribution in [3.8, 4) is 0 Å². The fourth-order valence-electron chi connectivity index (χ4n) is 3.73. The third-order valence-corrected chi connectivity index (χ3v) is 6.42. The predicted octanol–water partition coefficient (Wildman–Crippen LogP) is 6.52. The smallest absolute Gasteiger partial charge is 0.407 e. The van der Waals surface area contributed by atoms with Gasteiger partial charge in [-0.2, -0.15) is 0 Å². The molecule has 38 heavy (non-hydrogen) atoms. The Hall–Kier alpha value is -1.38. The van der Waals surface area contributed by atoms with Crippen LogP contribution in [0.15, 0.2) is 0 Å². The van der Waals surface area contributed by atoms with Crippen molar-refractivity contribution >= 4 is 12.1 Å². The Bertz CT molecular complexity index is 531. The van der Waals surface area contributed by atoms with E-state index >= 15 is 0 Å². The van der Waals surface area contributed by atoms with Gasteiger partial charge in [0.05, 0.1) is 19.6 Å². The number of carbonyl (C=O) groups excluding carboxylic acids is 2. The summed E-state index contributed by atoms with van der Waals surface area (Å²) in [5, 5.41) is 2.70. The average Bonchev–Trinajstić information content (AvgIpc) is 2.91. The van der Waals surface area contributed by atoms with Crippen molar-refractivity contribution in [2.24, 2.45) is 5.92 Å². The van der Waals surface area contributed by atoms with Crippen LogP contribution >= 0.6 is 0 Å². The molecule has 0 aromatic heterocycles. The first kappa shape index (κ1) is 36.6. The van der Waals surface area contributed by atoms with Gasteiger partial charge in [0.25, 0.3) is 0 Å². The molecule has 1 amide bonds. The van der Waals surface area contributed by atoms with Crippen LogP contribution in [0, 0.1) is 12.8 Å². The number of alkyl carbamates (subject to hydrolysis) is 1. The van der Waals surface area contributed by atoms with Gasteiger partial charge in [0.1, 0.15) is 0 Å². The number of hydrogen-bond donors (Lipinski definition) is 1. The summed E-state index contributed by atoms with van der Waals surface area (Å²) in [6.07, 6.45) is 14.3. The van der Waals surface area contributed by atoms with Gasteiger partial charge >= 0.3 is 12.1 Å². The molecule has 1 atom stereocenters. The van der Waals surface area contributed by atoms with Crippen molar-refractivity contribution < 1.29 is 28.5 Å². The molecule has 0 aliphatic heterocycles. The molecule has 225 valence electrons. The van der Waals surface area contributed by atoms with Gasteiger partial charge in [0.15, 0.2) is 6.29 Å². The van der Waals surface area contributed by atoms with E-state index in [9.17, 15) is 9.59 Å². The molecule has 0 rings (SSSR count). The first-order valence-electron chi connectivity index (χ1n) is 15.2. The van der Waals surface area contributed by atoms with E-state index in [0.717, 1.165) is 38.8 Å². The molecule has 0 saturated heterocycles. The van der Waals surface area contributed by atoms with Crippen LogP contribution in [0.4, 0.5) is 4.79 Å². The summed E-state index contributed by atoms with van der Waals surface area (Å²) in [6.45, 7) is 14.1. The first-order chi connectivity index (χ1) is 18.4. The van der Waals surface area contributed by atoms with Gasteiger partial charge in [-0.1, -0.05) is 85.0 Å². The van der Waals surface area contributed by atoms with Gasteiger partial charge in [0.2, 0.25) is 0 Å². The number of likely N-dealkylation sites (N-methyl/N-ethyl adjacent to an activating group) is 1. The summed E-state index contributed by atoms with van der Waals surface area (Å²) in [6, 6.07) is 0. The Balaban J connectivity index is 4.18. The van der Waals surface area contributed by atoms with Crippen molar-refractivity contribution in [3.05, 3.63) is 6.92 Å². The Labute approximate surface area is 233 Å². The van der Waals surface area contributed by atoms with Gasteiger partial charge in [-0.15, -0.1) is 0 Å². The van der Waals surface area contributed by atoms with Gasteiger partial charge in [-0.05, 0) is 33.4 Å². The van der Waals surface area contributed by atoms with Crippen LogP contribution < -0.4 is 5.32 Å². The van der Waals surface area contributed by atoms with E-state index in [0.29, 0.717) is 26.2 Å². The van der Waals surface area contributed by atoms with Crippen LogP contribution in [0.25, 0.3) is 0 Å². The number of rotatable bonds is 27. The maximum absolute atomic E-state index is 12.3. The Kier molecular flexibility index (Phi) is 26.2. The highest BCUT2D eigenvalue weighted by atomic mass is 16.7. The third-order valence-electron chi connectivity index (χ3n) is 6.42. The van der Waals surface area contributed by atoms with Crippen LogP contribution in [0.1, 0.15) is 111 Å². The lowest BCUT2D eigenvalue weighted by molar-refractivity contribution is -0.160. The van der Waals surface area contributed by atoms with Crippen molar-refractivity contribution in [3.63, 3.8) is 0 Å². The molecule has 0 fully saturated rings. The largest absolute Gasteiger partial charge is 0.465 e. The Morgan fingerprint density at radius 3 is 1.87 bits per heavy atom. The number of amides is 1. The molecule has 1 radical (unpaired) electrons. The molecular formula is C30H59N2O6. The predicted molar refractivity (Wildman–Crippen MR) is 154 cm³/mol. The number of unbranched alkanes of at least 4 members (excludes halogenated alkanes) is 10. The van der Waals surface area contributed by atoms with Crippen molar-refractivity contribution in [2.75, 3.05) is 53.1 Å². The lowest BCUT2D eigenvalue weighted by Gasteiger charge is -2.19. The molecular weight excluding hydrogens is 484 g/mol.